The first-order chi connectivity index (χ1) is 16.9. The highest BCUT2D eigenvalue weighted by Gasteiger charge is 2.32. The zero-order valence-electron chi connectivity index (χ0n) is 20.5. The molecule has 0 aliphatic carbocycles. The van der Waals surface area contributed by atoms with E-state index in [4.69, 9.17) is 10.8 Å². The van der Waals surface area contributed by atoms with E-state index >= 15 is 0 Å². The molecule has 2 aromatic rings. The van der Waals surface area contributed by atoms with E-state index in [1.54, 1.807) is 6.20 Å². The highest BCUT2D eigenvalue weighted by Crippen LogP contribution is 2.19. The number of aliphatic hydroxyl groups excluding tert-OH is 2. The third-order valence-electron chi connectivity index (χ3n) is 5.65. The maximum absolute atomic E-state index is 13.1. The zero-order chi connectivity index (χ0) is 27.0. The Morgan fingerprint density at radius 3 is 2.19 bits per heavy atom. The van der Waals surface area contributed by atoms with Crippen LogP contribution in [0.2, 0.25) is 0 Å². The number of amides is 3. The Bertz CT molecular complexity index is 1070. The molecule has 198 valence electrons. The molecule has 5 unspecified atom stereocenters. The summed E-state index contributed by atoms with van der Waals surface area (Å²) in [5.74, 6) is -3.72. The number of aromatic amines is 1. The van der Waals surface area contributed by atoms with E-state index < -0.39 is 60.6 Å². The lowest BCUT2D eigenvalue weighted by molar-refractivity contribution is -0.142. The standard InChI is InChI=1S/C24H35N5O7/c1-12(2)8-18(27-23(34)20(13(3)31)29-21(32)16(25)11-30)22(33)28-19(24(35)36)9-14-10-26-17-7-5-4-6-15(14)17/h4-7,10,12-13,16,18-20,26,30-31H,8-9,11,25H2,1-3H3,(H,27,34)(H,28,33)(H,29,32)(H,35,36). The lowest BCUT2D eigenvalue weighted by Crippen LogP contribution is -2.60. The predicted octanol–water partition coefficient (Wildman–Crippen LogP) is -1.00. The number of carbonyl (C=O) groups is 4. The van der Waals surface area contributed by atoms with Crippen LogP contribution in [0, 0.1) is 5.92 Å². The number of carbonyl (C=O) groups excluding carboxylic acids is 3. The highest BCUT2D eigenvalue weighted by atomic mass is 16.4. The number of benzene rings is 1. The van der Waals surface area contributed by atoms with Gasteiger partial charge in [-0.3, -0.25) is 14.4 Å². The van der Waals surface area contributed by atoms with E-state index in [1.807, 2.05) is 38.1 Å². The molecule has 9 N–H and O–H groups in total. The number of carboxylic acids is 1. The average Bonchev–Trinajstić information content (AvgIpc) is 3.22. The molecule has 1 aromatic heterocycles. The normalized spacial score (nSPS) is 15.5. The van der Waals surface area contributed by atoms with Crippen molar-refractivity contribution in [2.75, 3.05) is 6.61 Å². The summed E-state index contributed by atoms with van der Waals surface area (Å²) >= 11 is 0. The Kier molecular flexibility index (Phi) is 10.4. The molecule has 1 heterocycles. The van der Waals surface area contributed by atoms with Crippen molar-refractivity contribution in [1.82, 2.24) is 20.9 Å². The van der Waals surface area contributed by atoms with Crippen LogP contribution in [0.25, 0.3) is 10.9 Å². The molecular weight excluding hydrogens is 470 g/mol. The van der Waals surface area contributed by atoms with Crippen molar-refractivity contribution < 1.29 is 34.5 Å². The first kappa shape index (κ1) is 28.8. The number of nitrogens with one attached hydrogen (secondary N) is 4. The van der Waals surface area contributed by atoms with Crippen molar-refractivity contribution in [2.24, 2.45) is 11.7 Å². The topological polar surface area (TPSA) is 207 Å². The largest absolute Gasteiger partial charge is 0.480 e. The Morgan fingerprint density at radius 1 is 0.972 bits per heavy atom. The maximum Gasteiger partial charge on any atom is 0.326 e. The van der Waals surface area contributed by atoms with E-state index in [-0.39, 0.29) is 18.8 Å². The van der Waals surface area contributed by atoms with Gasteiger partial charge in [0.05, 0.1) is 12.7 Å². The van der Waals surface area contributed by atoms with E-state index in [0.29, 0.717) is 5.56 Å². The summed E-state index contributed by atoms with van der Waals surface area (Å²) in [7, 11) is 0. The molecule has 12 nitrogen and oxygen atoms in total. The monoisotopic (exact) mass is 505 g/mol. The van der Waals surface area contributed by atoms with Gasteiger partial charge in [0.15, 0.2) is 0 Å². The Hall–Kier alpha value is -3.48. The Labute approximate surface area is 208 Å². The number of aliphatic hydroxyl groups is 2. The van der Waals surface area contributed by atoms with Crippen molar-refractivity contribution in [3.8, 4) is 0 Å². The van der Waals surface area contributed by atoms with Crippen LogP contribution in [-0.4, -0.2) is 80.9 Å². The second-order valence-electron chi connectivity index (χ2n) is 9.17. The molecule has 0 bridgehead atoms. The minimum atomic E-state index is -1.45. The van der Waals surface area contributed by atoms with Crippen molar-refractivity contribution >= 4 is 34.6 Å². The Morgan fingerprint density at radius 2 is 1.61 bits per heavy atom. The molecular formula is C24H35N5O7. The molecule has 0 spiro atoms. The molecule has 0 saturated carbocycles. The molecule has 3 amide bonds. The first-order valence-corrected chi connectivity index (χ1v) is 11.7. The number of hydrogen-bond donors (Lipinski definition) is 8. The molecule has 0 aliphatic rings. The van der Waals surface area contributed by atoms with E-state index in [1.165, 1.54) is 6.92 Å². The Balaban J connectivity index is 2.17. The summed E-state index contributed by atoms with van der Waals surface area (Å²) in [5, 5.41) is 36.9. The number of nitrogens with two attached hydrogens (primary N) is 1. The van der Waals surface area contributed by atoms with Gasteiger partial charge in [-0.25, -0.2) is 4.79 Å². The third-order valence-corrected chi connectivity index (χ3v) is 5.65. The number of aliphatic carboxylic acids is 1. The summed E-state index contributed by atoms with van der Waals surface area (Å²) in [5.41, 5.74) is 7.00. The first-order valence-electron chi connectivity index (χ1n) is 11.7. The van der Waals surface area contributed by atoms with Crippen LogP contribution in [0.4, 0.5) is 0 Å². The summed E-state index contributed by atoms with van der Waals surface area (Å²) in [6.07, 6.45) is 0.538. The number of aromatic nitrogens is 1. The van der Waals surface area contributed by atoms with Crippen LogP contribution in [-0.2, 0) is 25.6 Å². The summed E-state index contributed by atoms with van der Waals surface area (Å²) in [6.45, 7) is 4.25. The van der Waals surface area contributed by atoms with Gasteiger partial charge in [-0.15, -0.1) is 0 Å². The molecule has 0 saturated heterocycles. The van der Waals surface area contributed by atoms with Gasteiger partial charge in [0.1, 0.15) is 24.2 Å². The quantitative estimate of drug-likeness (QED) is 0.169. The summed E-state index contributed by atoms with van der Waals surface area (Å²) < 4.78 is 0. The number of fused-ring (bicyclic) bond motifs is 1. The molecule has 12 heteroatoms. The van der Waals surface area contributed by atoms with Crippen LogP contribution >= 0.6 is 0 Å². The predicted molar refractivity (Wildman–Crippen MR) is 132 cm³/mol. The second-order valence-corrected chi connectivity index (χ2v) is 9.17. The number of H-pyrrole nitrogens is 1. The minimum absolute atomic E-state index is 0.0127. The number of carboxylic acid groups (broad SMARTS) is 1. The van der Waals surface area contributed by atoms with Gasteiger partial charge in [0.25, 0.3) is 0 Å². The van der Waals surface area contributed by atoms with Crippen molar-refractivity contribution in [1.29, 1.82) is 0 Å². The molecule has 2 rings (SSSR count). The highest BCUT2D eigenvalue weighted by molar-refractivity contribution is 5.94. The molecule has 0 aliphatic heterocycles. The van der Waals surface area contributed by atoms with Crippen molar-refractivity contribution in [2.45, 2.75) is 63.9 Å². The van der Waals surface area contributed by atoms with Crippen LogP contribution in [0.15, 0.2) is 30.5 Å². The molecule has 5 atom stereocenters. The van der Waals surface area contributed by atoms with Crippen LogP contribution in [0.3, 0.4) is 0 Å². The van der Waals surface area contributed by atoms with Gasteiger partial charge in [-0.05, 0) is 30.9 Å². The number of rotatable bonds is 13. The van der Waals surface area contributed by atoms with Crippen LogP contribution in [0.5, 0.6) is 0 Å². The second kappa shape index (κ2) is 13.0. The van der Waals surface area contributed by atoms with Gasteiger partial charge in [0, 0.05) is 23.5 Å². The van der Waals surface area contributed by atoms with Crippen LogP contribution in [0.1, 0.15) is 32.8 Å². The van der Waals surface area contributed by atoms with Gasteiger partial charge >= 0.3 is 5.97 Å². The van der Waals surface area contributed by atoms with Crippen molar-refractivity contribution in [3.05, 3.63) is 36.0 Å². The van der Waals surface area contributed by atoms with Gasteiger partial charge < -0.3 is 42.0 Å². The number of hydrogen-bond acceptors (Lipinski definition) is 7. The molecule has 36 heavy (non-hydrogen) atoms. The third kappa shape index (κ3) is 7.77. The van der Waals surface area contributed by atoms with E-state index in [0.717, 1.165) is 10.9 Å². The zero-order valence-corrected chi connectivity index (χ0v) is 20.5. The maximum atomic E-state index is 13.1. The van der Waals surface area contributed by atoms with Crippen LogP contribution < -0.4 is 21.7 Å². The number of para-hydroxylation sites is 1. The molecule has 0 fully saturated rings. The minimum Gasteiger partial charge on any atom is -0.480 e. The van der Waals surface area contributed by atoms with Gasteiger partial charge in [0.2, 0.25) is 17.7 Å². The fraction of sp³-hybridized carbons (Fsp3) is 0.500. The van der Waals surface area contributed by atoms with Crippen molar-refractivity contribution in [3.63, 3.8) is 0 Å². The van der Waals surface area contributed by atoms with Gasteiger partial charge in [-0.2, -0.15) is 0 Å². The SMILES string of the molecule is CC(C)CC(NC(=O)C(NC(=O)C(N)CO)C(C)O)C(=O)NC(Cc1c[nH]c2ccccc12)C(=O)O. The lowest BCUT2D eigenvalue weighted by Gasteiger charge is -2.27. The fourth-order valence-electron chi connectivity index (χ4n) is 3.71. The van der Waals surface area contributed by atoms with E-state index in [9.17, 15) is 29.4 Å². The molecule has 0 radical (unpaired) electrons. The smallest absolute Gasteiger partial charge is 0.326 e. The van der Waals surface area contributed by atoms with Gasteiger partial charge in [-0.1, -0.05) is 32.0 Å². The lowest BCUT2D eigenvalue weighted by atomic mass is 10.0. The average molecular weight is 506 g/mol. The fourth-order valence-corrected chi connectivity index (χ4v) is 3.71. The van der Waals surface area contributed by atoms with E-state index in [2.05, 4.69) is 20.9 Å². The summed E-state index contributed by atoms with van der Waals surface area (Å²) in [4.78, 5) is 53.0. The molecule has 1 aromatic carbocycles. The summed E-state index contributed by atoms with van der Waals surface area (Å²) in [6, 6.07) is 2.23.